The highest BCUT2D eigenvalue weighted by molar-refractivity contribution is 5.75. The first-order valence-electron chi connectivity index (χ1n) is 8.50. The summed E-state index contributed by atoms with van der Waals surface area (Å²) in [5.74, 6) is 0.982. The third-order valence-electron chi connectivity index (χ3n) is 3.88. The number of carbonyl (C=O) groups is 1. The first-order chi connectivity index (χ1) is 11.2. The van der Waals surface area contributed by atoms with Gasteiger partial charge in [0.1, 0.15) is 5.75 Å². The number of benzene rings is 1. The van der Waals surface area contributed by atoms with Crippen LogP contribution in [0, 0.1) is 6.92 Å². The van der Waals surface area contributed by atoms with E-state index in [9.17, 15) is 4.79 Å². The quantitative estimate of drug-likeness (QED) is 0.707. The fraction of sp³-hybridized carbons (Fsp3) is 0.611. The van der Waals surface area contributed by atoms with Crippen molar-refractivity contribution in [3.05, 3.63) is 29.8 Å². The molecule has 1 N–H and O–H groups in total. The zero-order chi connectivity index (χ0) is 16.3. The standard InChI is InChI=1S/C18H28N2O3/c1-16-5-2-6-17(15-16)23-12-3-7-18(21)19-8-4-9-20-10-13-22-14-11-20/h2,5-6,15H,3-4,7-14H2,1H3,(H,19,21). The maximum Gasteiger partial charge on any atom is 0.220 e. The number of hydrogen-bond donors (Lipinski definition) is 1. The molecule has 23 heavy (non-hydrogen) atoms. The van der Waals surface area contributed by atoms with E-state index in [-0.39, 0.29) is 5.91 Å². The normalized spacial score (nSPS) is 15.3. The minimum atomic E-state index is 0.111. The Balaban J connectivity index is 1.46. The average Bonchev–Trinajstić information content (AvgIpc) is 2.57. The lowest BCUT2D eigenvalue weighted by molar-refractivity contribution is -0.121. The summed E-state index contributed by atoms with van der Waals surface area (Å²) in [6.45, 7) is 8.05. The fourth-order valence-corrected chi connectivity index (χ4v) is 2.57. The van der Waals surface area contributed by atoms with Crippen LogP contribution >= 0.6 is 0 Å². The Hall–Kier alpha value is -1.59. The Morgan fingerprint density at radius 1 is 1.30 bits per heavy atom. The number of nitrogens with one attached hydrogen (secondary N) is 1. The molecule has 0 aromatic heterocycles. The maximum atomic E-state index is 11.8. The third kappa shape index (κ3) is 7.48. The van der Waals surface area contributed by atoms with Crippen molar-refractivity contribution < 1.29 is 14.3 Å². The molecule has 1 heterocycles. The minimum absolute atomic E-state index is 0.111. The fourth-order valence-electron chi connectivity index (χ4n) is 2.57. The molecule has 2 rings (SSSR count). The molecule has 1 aromatic carbocycles. The van der Waals surface area contributed by atoms with Crippen LogP contribution in [-0.4, -0.2) is 56.8 Å². The summed E-state index contributed by atoms with van der Waals surface area (Å²) < 4.78 is 11.0. The number of carbonyl (C=O) groups excluding carboxylic acids is 1. The van der Waals surface area contributed by atoms with Crippen molar-refractivity contribution in [1.82, 2.24) is 10.2 Å². The van der Waals surface area contributed by atoms with Gasteiger partial charge < -0.3 is 14.8 Å². The highest BCUT2D eigenvalue weighted by Crippen LogP contribution is 2.12. The molecule has 0 bridgehead atoms. The predicted octanol–water partition coefficient (Wildman–Crippen LogP) is 1.99. The van der Waals surface area contributed by atoms with Crippen LogP contribution in [0.5, 0.6) is 5.75 Å². The molecule has 0 unspecified atom stereocenters. The molecule has 0 spiro atoms. The summed E-state index contributed by atoms with van der Waals surface area (Å²) in [5, 5.41) is 2.98. The van der Waals surface area contributed by atoms with Crippen LogP contribution in [0.3, 0.4) is 0 Å². The van der Waals surface area contributed by atoms with Gasteiger partial charge in [0.05, 0.1) is 19.8 Å². The van der Waals surface area contributed by atoms with Gasteiger partial charge in [-0.1, -0.05) is 12.1 Å². The van der Waals surface area contributed by atoms with E-state index < -0.39 is 0 Å². The lowest BCUT2D eigenvalue weighted by Crippen LogP contribution is -2.38. The van der Waals surface area contributed by atoms with Crippen molar-refractivity contribution >= 4 is 5.91 Å². The van der Waals surface area contributed by atoms with Crippen LogP contribution in [0.25, 0.3) is 0 Å². The number of nitrogens with zero attached hydrogens (tertiary/aromatic N) is 1. The molecule has 1 saturated heterocycles. The number of aryl methyl sites for hydroxylation is 1. The van der Waals surface area contributed by atoms with E-state index in [4.69, 9.17) is 9.47 Å². The lowest BCUT2D eigenvalue weighted by atomic mass is 10.2. The molecular formula is C18H28N2O3. The van der Waals surface area contributed by atoms with Crippen molar-refractivity contribution in [3.8, 4) is 5.75 Å². The summed E-state index contributed by atoms with van der Waals surface area (Å²) in [7, 11) is 0. The van der Waals surface area contributed by atoms with E-state index in [0.29, 0.717) is 13.0 Å². The third-order valence-corrected chi connectivity index (χ3v) is 3.88. The molecular weight excluding hydrogens is 292 g/mol. The molecule has 5 heteroatoms. The number of amides is 1. The summed E-state index contributed by atoms with van der Waals surface area (Å²) in [5.41, 5.74) is 1.18. The molecule has 1 aromatic rings. The van der Waals surface area contributed by atoms with E-state index in [1.807, 2.05) is 31.2 Å². The van der Waals surface area contributed by atoms with Gasteiger partial charge in [-0.3, -0.25) is 9.69 Å². The highest BCUT2D eigenvalue weighted by atomic mass is 16.5. The van der Waals surface area contributed by atoms with Gasteiger partial charge >= 0.3 is 0 Å². The van der Waals surface area contributed by atoms with Gasteiger partial charge in [-0.05, 0) is 44.0 Å². The lowest BCUT2D eigenvalue weighted by Gasteiger charge is -2.26. The molecule has 1 amide bonds. The Morgan fingerprint density at radius 2 is 2.13 bits per heavy atom. The van der Waals surface area contributed by atoms with Gasteiger partial charge in [0, 0.05) is 26.1 Å². The smallest absolute Gasteiger partial charge is 0.220 e. The second kappa shape index (κ2) is 10.2. The van der Waals surface area contributed by atoms with Crippen LogP contribution in [-0.2, 0) is 9.53 Å². The Kier molecular flexibility index (Phi) is 7.90. The summed E-state index contributed by atoms with van der Waals surface area (Å²) in [6, 6.07) is 7.97. The maximum absolute atomic E-state index is 11.8. The molecule has 128 valence electrons. The molecule has 1 fully saturated rings. The van der Waals surface area contributed by atoms with Gasteiger partial charge in [0.25, 0.3) is 0 Å². The monoisotopic (exact) mass is 320 g/mol. The van der Waals surface area contributed by atoms with Crippen LogP contribution in [0.4, 0.5) is 0 Å². The van der Waals surface area contributed by atoms with E-state index in [1.54, 1.807) is 0 Å². The topological polar surface area (TPSA) is 50.8 Å². The van der Waals surface area contributed by atoms with Gasteiger partial charge in [-0.2, -0.15) is 0 Å². The SMILES string of the molecule is Cc1cccc(OCCCC(=O)NCCCN2CCOCC2)c1. The van der Waals surface area contributed by atoms with Gasteiger partial charge in [-0.15, -0.1) is 0 Å². The molecule has 5 nitrogen and oxygen atoms in total. The molecule has 1 aliphatic rings. The van der Waals surface area contributed by atoms with Crippen molar-refractivity contribution in [3.63, 3.8) is 0 Å². The van der Waals surface area contributed by atoms with Crippen molar-refractivity contribution in [2.75, 3.05) is 46.0 Å². The second-order valence-corrected chi connectivity index (χ2v) is 5.93. The van der Waals surface area contributed by atoms with E-state index in [0.717, 1.165) is 58.0 Å². The second-order valence-electron chi connectivity index (χ2n) is 5.93. The Bertz CT molecular complexity index is 473. The first-order valence-corrected chi connectivity index (χ1v) is 8.50. The van der Waals surface area contributed by atoms with Gasteiger partial charge in [0.15, 0.2) is 0 Å². The van der Waals surface area contributed by atoms with Crippen LogP contribution in [0.15, 0.2) is 24.3 Å². The van der Waals surface area contributed by atoms with Crippen LogP contribution < -0.4 is 10.1 Å². The van der Waals surface area contributed by atoms with E-state index in [2.05, 4.69) is 10.2 Å². The number of ether oxygens (including phenoxy) is 2. The van der Waals surface area contributed by atoms with Crippen molar-refractivity contribution in [2.24, 2.45) is 0 Å². The minimum Gasteiger partial charge on any atom is -0.494 e. The summed E-state index contributed by atoms with van der Waals surface area (Å²) >= 11 is 0. The molecule has 0 saturated carbocycles. The number of rotatable bonds is 9. The molecule has 0 radical (unpaired) electrons. The van der Waals surface area contributed by atoms with E-state index in [1.165, 1.54) is 5.56 Å². The predicted molar refractivity (Wildman–Crippen MR) is 90.8 cm³/mol. The summed E-state index contributed by atoms with van der Waals surface area (Å²) in [6.07, 6.45) is 2.25. The Morgan fingerprint density at radius 3 is 2.91 bits per heavy atom. The largest absolute Gasteiger partial charge is 0.494 e. The zero-order valence-electron chi connectivity index (χ0n) is 14.1. The first kappa shape index (κ1) is 17.8. The molecule has 1 aliphatic heterocycles. The average molecular weight is 320 g/mol. The van der Waals surface area contributed by atoms with E-state index >= 15 is 0 Å². The van der Waals surface area contributed by atoms with Gasteiger partial charge in [0.2, 0.25) is 5.91 Å². The van der Waals surface area contributed by atoms with Crippen molar-refractivity contribution in [2.45, 2.75) is 26.2 Å². The highest BCUT2D eigenvalue weighted by Gasteiger charge is 2.09. The Labute approximate surface area is 139 Å². The molecule has 0 atom stereocenters. The van der Waals surface area contributed by atoms with Crippen molar-refractivity contribution in [1.29, 1.82) is 0 Å². The number of morpholine rings is 1. The summed E-state index contributed by atoms with van der Waals surface area (Å²) in [4.78, 5) is 14.1. The molecule has 0 aliphatic carbocycles. The van der Waals surface area contributed by atoms with Gasteiger partial charge in [-0.25, -0.2) is 0 Å². The number of hydrogen-bond acceptors (Lipinski definition) is 4. The van der Waals surface area contributed by atoms with Crippen LogP contribution in [0.1, 0.15) is 24.8 Å². The zero-order valence-corrected chi connectivity index (χ0v) is 14.1. The van der Waals surface area contributed by atoms with Crippen LogP contribution in [0.2, 0.25) is 0 Å².